The predicted molar refractivity (Wildman–Crippen MR) is 104 cm³/mol. The molecule has 0 unspecified atom stereocenters. The number of allylic oxidation sites excluding steroid dienone is 3. The van der Waals surface area contributed by atoms with E-state index in [1.165, 1.54) is 55.9 Å². The molecule has 1 saturated heterocycles. The normalized spacial score (nSPS) is 31.0. The van der Waals surface area contributed by atoms with Crippen LogP contribution in [0.5, 0.6) is 5.75 Å². The first-order valence-electron chi connectivity index (χ1n) is 9.99. The molecule has 2 bridgehead atoms. The Hall–Kier alpha value is -1.87. The quantitative estimate of drug-likeness (QED) is 0.350. The summed E-state index contributed by atoms with van der Waals surface area (Å²) in [4.78, 5) is 14.6. The molecule has 1 heterocycles. The van der Waals surface area contributed by atoms with Gasteiger partial charge in [0.2, 0.25) is 0 Å². The number of hydrogen-bond donors (Lipinski definition) is 0. The summed E-state index contributed by atoms with van der Waals surface area (Å²) < 4.78 is 5.59. The van der Waals surface area contributed by atoms with E-state index < -0.39 is 0 Å². The molecule has 2 fully saturated rings. The lowest BCUT2D eigenvalue weighted by atomic mass is 9.52. The minimum absolute atomic E-state index is 0.298. The summed E-state index contributed by atoms with van der Waals surface area (Å²) in [7, 11) is 2.29. The average Bonchev–Trinajstić information content (AvgIpc) is 2.65. The number of nitrogens with zero attached hydrogens (tertiary/aromatic N) is 1. The Balaban J connectivity index is 1.66. The van der Waals surface area contributed by atoms with Gasteiger partial charge in [0.25, 0.3) is 0 Å². The van der Waals surface area contributed by atoms with Crippen molar-refractivity contribution in [2.24, 2.45) is 5.92 Å². The summed E-state index contributed by atoms with van der Waals surface area (Å²) >= 11 is 0. The van der Waals surface area contributed by atoms with Crippen LogP contribution in [0.4, 0.5) is 0 Å². The molecule has 1 saturated carbocycles. The summed E-state index contributed by atoms with van der Waals surface area (Å²) in [5.41, 5.74) is 3.23. The van der Waals surface area contributed by atoms with Gasteiger partial charge in [0.15, 0.2) is 0 Å². The van der Waals surface area contributed by atoms with Crippen molar-refractivity contribution in [3.63, 3.8) is 0 Å². The molecule has 3 atom stereocenters. The summed E-state index contributed by atoms with van der Waals surface area (Å²) in [5.74, 6) is 1.14. The monoisotopic (exact) mass is 351 g/mol. The van der Waals surface area contributed by atoms with Gasteiger partial charge in [-0.3, -0.25) is 0 Å². The highest BCUT2D eigenvalue weighted by atomic mass is 16.5. The zero-order valence-electron chi connectivity index (χ0n) is 15.9. The van der Waals surface area contributed by atoms with E-state index in [0.717, 1.165) is 12.3 Å². The van der Waals surface area contributed by atoms with E-state index in [1.807, 2.05) is 25.1 Å². The van der Waals surface area contributed by atoms with Gasteiger partial charge in [0, 0.05) is 17.5 Å². The second kappa shape index (κ2) is 7.03. The molecule has 1 aromatic rings. The molecule has 3 nitrogen and oxygen atoms in total. The van der Waals surface area contributed by atoms with E-state index in [-0.39, 0.29) is 5.97 Å². The summed E-state index contributed by atoms with van der Waals surface area (Å²) in [5, 5.41) is 0. The molecule has 138 valence electrons. The van der Waals surface area contributed by atoms with Crippen molar-refractivity contribution in [2.75, 3.05) is 13.6 Å². The lowest BCUT2D eigenvalue weighted by molar-refractivity contribution is -0.129. The number of piperidine rings is 1. The molecule has 0 aromatic heterocycles. The van der Waals surface area contributed by atoms with Crippen LogP contribution in [0.3, 0.4) is 0 Å². The van der Waals surface area contributed by atoms with Gasteiger partial charge in [-0.15, -0.1) is 0 Å². The van der Waals surface area contributed by atoms with Crippen molar-refractivity contribution in [3.05, 3.63) is 53.6 Å². The topological polar surface area (TPSA) is 29.5 Å². The molecule has 26 heavy (non-hydrogen) atoms. The van der Waals surface area contributed by atoms with Crippen molar-refractivity contribution in [3.8, 4) is 5.75 Å². The highest BCUT2D eigenvalue weighted by molar-refractivity contribution is 5.84. The van der Waals surface area contributed by atoms with E-state index in [1.54, 1.807) is 6.08 Å². The van der Waals surface area contributed by atoms with Crippen molar-refractivity contribution in [1.82, 2.24) is 4.90 Å². The second-order valence-corrected chi connectivity index (χ2v) is 8.14. The predicted octanol–water partition coefficient (Wildman–Crippen LogP) is 4.41. The first kappa shape index (κ1) is 17.5. The summed E-state index contributed by atoms with van der Waals surface area (Å²) in [6.45, 7) is 3.10. The highest BCUT2D eigenvalue weighted by Crippen LogP contribution is 2.55. The highest BCUT2D eigenvalue weighted by Gasteiger charge is 2.53. The number of rotatable bonds is 3. The number of carbonyl (C=O) groups excluding carboxylic acids is 1. The van der Waals surface area contributed by atoms with E-state index in [4.69, 9.17) is 4.74 Å². The molecule has 1 aromatic carbocycles. The summed E-state index contributed by atoms with van der Waals surface area (Å²) in [6, 6.07) is 7.02. The fourth-order valence-corrected chi connectivity index (χ4v) is 5.63. The van der Waals surface area contributed by atoms with Crippen LogP contribution in [0.15, 0.2) is 42.5 Å². The van der Waals surface area contributed by atoms with Crippen LogP contribution in [-0.4, -0.2) is 30.5 Å². The van der Waals surface area contributed by atoms with Crippen LogP contribution in [-0.2, 0) is 16.6 Å². The minimum Gasteiger partial charge on any atom is -0.423 e. The Bertz CT molecular complexity index is 751. The SMILES string of the molecule is C/C=C/C=C/C(=O)Oc1ccc2c(c1)[C@]13CCCC[C@@H]1[C@H](C2)N(C)CC3. The van der Waals surface area contributed by atoms with Gasteiger partial charge in [-0.2, -0.15) is 0 Å². The fraction of sp³-hybridized carbons (Fsp3) is 0.522. The number of ether oxygens (including phenoxy) is 1. The van der Waals surface area contributed by atoms with E-state index >= 15 is 0 Å². The van der Waals surface area contributed by atoms with E-state index in [2.05, 4.69) is 24.1 Å². The lowest BCUT2D eigenvalue weighted by Crippen LogP contribution is -2.59. The maximum atomic E-state index is 12.0. The standard InChI is InChI=1S/C23H29NO2/c1-3-4-5-9-22(25)26-18-11-10-17-15-21-19-8-6-7-12-23(19,20(17)16-18)13-14-24(21)2/h3-5,9-11,16,19,21H,6-8,12-15H2,1-2H3/b4-3+,9-5+/t19-,21+,23+/m1/s1. The molecule has 4 rings (SSSR count). The Labute approximate surface area is 156 Å². The molecule has 3 heteroatoms. The number of likely N-dealkylation sites (tertiary alicyclic amines) is 1. The Morgan fingerprint density at radius 1 is 1.27 bits per heavy atom. The third-order valence-corrected chi connectivity index (χ3v) is 6.84. The second-order valence-electron chi connectivity index (χ2n) is 8.14. The van der Waals surface area contributed by atoms with Gasteiger partial charge in [-0.1, -0.05) is 37.1 Å². The molecular weight excluding hydrogens is 322 g/mol. The van der Waals surface area contributed by atoms with Gasteiger partial charge < -0.3 is 9.64 Å². The first-order chi connectivity index (χ1) is 12.6. The molecule has 0 radical (unpaired) electrons. The first-order valence-corrected chi connectivity index (χ1v) is 9.99. The molecule has 0 N–H and O–H groups in total. The third kappa shape index (κ3) is 2.92. The van der Waals surface area contributed by atoms with Crippen LogP contribution in [0.1, 0.15) is 50.2 Å². The Kier molecular flexibility index (Phi) is 4.74. The number of likely N-dealkylation sites (N-methyl/N-ethyl adjacent to an activating group) is 1. The number of carbonyl (C=O) groups is 1. The van der Waals surface area contributed by atoms with Crippen molar-refractivity contribution in [1.29, 1.82) is 0 Å². The fourth-order valence-electron chi connectivity index (χ4n) is 5.63. The largest absolute Gasteiger partial charge is 0.423 e. The smallest absolute Gasteiger partial charge is 0.336 e. The van der Waals surface area contributed by atoms with E-state index in [0.29, 0.717) is 17.2 Å². The number of hydrogen-bond acceptors (Lipinski definition) is 3. The van der Waals surface area contributed by atoms with E-state index in [9.17, 15) is 4.79 Å². The third-order valence-electron chi connectivity index (χ3n) is 6.84. The Morgan fingerprint density at radius 3 is 3.00 bits per heavy atom. The van der Waals surface area contributed by atoms with Crippen LogP contribution in [0.2, 0.25) is 0 Å². The van der Waals surface area contributed by atoms with Crippen LogP contribution in [0.25, 0.3) is 0 Å². The average molecular weight is 351 g/mol. The van der Waals surface area contributed by atoms with Crippen LogP contribution in [0, 0.1) is 5.92 Å². The zero-order valence-corrected chi connectivity index (χ0v) is 15.9. The Morgan fingerprint density at radius 2 is 2.15 bits per heavy atom. The summed E-state index contributed by atoms with van der Waals surface area (Å²) in [6.07, 6.45) is 14.6. The molecular formula is C23H29NO2. The van der Waals surface area contributed by atoms with Gasteiger partial charge >= 0.3 is 5.97 Å². The number of benzene rings is 1. The van der Waals surface area contributed by atoms with Gasteiger partial charge in [0.1, 0.15) is 5.75 Å². The zero-order chi connectivity index (χ0) is 18.1. The maximum Gasteiger partial charge on any atom is 0.336 e. The van der Waals surface area contributed by atoms with Gasteiger partial charge in [-0.05, 0) is 75.4 Å². The van der Waals surface area contributed by atoms with Gasteiger partial charge in [-0.25, -0.2) is 4.79 Å². The minimum atomic E-state index is -0.308. The molecule has 1 aliphatic heterocycles. The molecule has 2 aliphatic carbocycles. The van der Waals surface area contributed by atoms with Crippen LogP contribution >= 0.6 is 0 Å². The molecule has 3 aliphatic rings. The molecule has 0 amide bonds. The van der Waals surface area contributed by atoms with Crippen molar-refractivity contribution >= 4 is 5.97 Å². The lowest BCUT2D eigenvalue weighted by Gasteiger charge is -2.58. The van der Waals surface area contributed by atoms with Crippen molar-refractivity contribution in [2.45, 2.75) is 56.9 Å². The number of fused-ring (bicyclic) bond motifs is 1. The van der Waals surface area contributed by atoms with Crippen molar-refractivity contribution < 1.29 is 9.53 Å². The molecule has 0 spiro atoms. The van der Waals surface area contributed by atoms with Crippen LogP contribution < -0.4 is 4.74 Å². The maximum absolute atomic E-state index is 12.0. The number of esters is 1. The van der Waals surface area contributed by atoms with Gasteiger partial charge in [0.05, 0.1) is 0 Å².